The third-order valence-corrected chi connectivity index (χ3v) is 4.56. The van der Waals surface area contributed by atoms with Gasteiger partial charge in [0.05, 0.1) is 12.1 Å². The zero-order chi connectivity index (χ0) is 19.8. The molecule has 0 saturated heterocycles. The topological polar surface area (TPSA) is 51.2 Å². The first kappa shape index (κ1) is 19.8. The van der Waals surface area contributed by atoms with Crippen molar-refractivity contribution in [2.24, 2.45) is 0 Å². The highest BCUT2D eigenvalue weighted by Crippen LogP contribution is 2.29. The van der Waals surface area contributed by atoms with Gasteiger partial charge >= 0.3 is 0 Å². The third kappa shape index (κ3) is 5.29. The number of halogens is 2. The Balaban J connectivity index is 1.58. The van der Waals surface area contributed by atoms with E-state index in [1.54, 1.807) is 0 Å². The number of thioether (sulfide) groups is 1. The van der Waals surface area contributed by atoms with Crippen LogP contribution in [0.1, 0.15) is 10.4 Å². The van der Waals surface area contributed by atoms with Gasteiger partial charge in [-0.25, -0.2) is 4.98 Å². The Kier molecular flexibility index (Phi) is 6.97. The molecule has 0 saturated carbocycles. The highest BCUT2D eigenvalue weighted by Gasteiger charge is 2.16. The van der Waals surface area contributed by atoms with Crippen molar-refractivity contribution >= 4 is 17.7 Å². The van der Waals surface area contributed by atoms with E-state index in [2.05, 4.69) is 10.3 Å². The zero-order valence-electron chi connectivity index (χ0n) is 14.8. The predicted octanol–water partition coefficient (Wildman–Crippen LogP) is 4.87. The summed E-state index contributed by atoms with van der Waals surface area (Å²) in [4.78, 5) is 16.1. The second-order valence-corrected chi connectivity index (χ2v) is 6.68. The molecule has 1 heterocycles. The van der Waals surface area contributed by atoms with Gasteiger partial charge in [0.1, 0.15) is 17.4 Å². The molecule has 28 heavy (non-hydrogen) atoms. The Morgan fingerprint density at radius 2 is 1.79 bits per heavy atom. The van der Waals surface area contributed by atoms with Crippen LogP contribution in [0.25, 0.3) is 11.1 Å². The van der Waals surface area contributed by atoms with Crippen molar-refractivity contribution in [1.29, 1.82) is 0 Å². The summed E-state index contributed by atoms with van der Waals surface area (Å²) in [6.45, 7) is 0.475. The fraction of sp³-hybridized carbons (Fsp3) is 0.143. The summed E-state index contributed by atoms with van der Waals surface area (Å²) in [6.07, 6.45) is 1.38. The molecule has 4 nitrogen and oxygen atoms in total. The van der Waals surface area contributed by atoms with Crippen molar-refractivity contribution in [3.8, 4) is 16.9 Å². The highest BCUT2D eigenvalue weighted by molar-refractivity contribution is 7.99. The summed E-state index contributed by atoms with van der Waals surface area (Å²) < 4.78 is 31.0. The first-order chi connectivity index (χ1) is 13.6. The Hall–Kier alpha value is -2.93. The molecule has 1 aromatic heterocycles. The standard InChI is InChI=1S/C21H18F2N2O2S/c22-21(23)28-20-17(10-6-12-25-20)19(26)24-13-14-27-18-11-5-4-9-16(18)15-7-2-1-3-8-15/h1-12,21H,13-14H2,(H,24,26). The van der Waals surface area contributed by atoms with Crippen molar-refractivity contribution in [1.82, 2.24) is 10.3 Å². The molecule has 3 aromatic rings. The van der Waals surface area contributed by atoms with Crippen molar-refractivity contribution in [2.75, 3.05) is 13.2 Å². The number of carbonyl (C=O) groups excluding carboxylic acids is 1. The van der Waals surface area contributed by atoms with Crippen LogP contribution in [0.3, 0.4) is 0 Å². The summed E-state index contributed by atoms with van der Waals surface area (Å²) in [7, 11) is 0. The van der Waals surface area contributed by atoms with E-state index in [0.29, 0.717) is 5.75 Å². The average Bonchev–Trinajstić information content (AvgIpc) is 2.72. The quantitative estimate of drug-likeness (QED) is 0.433. The molecule has 0 radical (unpaired) electrons. The van der Waals surface area contributed by atoms with Crippen LogP contribution in [-0.4, -0.2) is 29.8 Å². The normalized spacial score (nSPS) is 10.7. The third-order valence-electron chi connectivity index (χ3n) is 3.83. The number of hydrogen-bond donors (Lipinski definition) is 1. The van der Waals surface area contributed by atoms with E-state index in [1.807, 2.05) is 54.6 Å². The van der Waals surface area contributed by atoms with Crippen LogP contribution < -0.4 is 10.1 Å². The number of nitrogens with one attached hydrogen (secondary N) is 1. The Bertz CT molecular complexity index is 923. The molecule has 0 aliphatic rings. The molecule has 0 spiro atoms. The first-order valence-corrected chi connectivity index (χ1v) is 9.48. The minimum atomic E-state index is -2.64. The largest absolute Gasteiger partial charge is 0.491 e. The van der Waals surface area contributed by atoms with Gasteiger partial charge in [-0.05, 0) is 35.5 Å². The Morgan fingerprint density at radius 1 is 1.04 bits per heavy atom. The van der Waals surface area contributed by atoms with E-state index < -0.39 is 11.7 Å². The maximum Gasteiger partial charge on any atom is 0.290 e. The molecule has 1 amide bonds. The van der Waals surface area contributed by atoms with Crippen LogP contribution in [-0.2, 0) is 0 Å². The number of alkyl halides is 2. The van der Waals surface area contributed by atoms with Gasteiger partial charge in [0.25, 0.3) is 11.7 Å². The van der Waals surface area contributed by atoms with Gasteiger partial charge in [0.15, 0.2) is 0 Å². The number of rotatable bonds is 8. The van der Waals surface area contributed by atoms with E-state index in [-0.39, 0.29) is 35.5 Å². The van der Waals surface area contributed by atoms with Gasteiger partial charge < -0.3 is 10.1 Å². The molecule has 0 bridgehead atoms. The molecule has 0 aliphatic heterocycles. The number of ether oxygens (including phenoxy) is 1. The van der Waals surface area contributed by atoms with Crippen molar-refractivity contribution < 1.29 is 18.3 Å². The van der Waals surface area contributed by atoms with Crippen LogP contribution in [0.15, 0.2) is 78.0 Å². The minimum Gasteiger partial charge on any atom is -0.491 e. The fourth-order valence-corrected chi connectivity index (χ4v) is 3.19. The van der Waals surface area contributed by atoms with E-state index in [1.165, 1.54) is 18.3 Å². The lowest BCUT2D eigenvalue weighted by Crippen LogP contribution is -2.28. The molecule has 144 valence electrons. The number of amides is 1. The molecule has 2 aromatic carbocycles. The molecule has 3 rings (SSSR count). The molecular weight excluding hydrogens is 382 g/mol. The number of benzene rings is 2. The smallest absolute Gasteiger partial charge is 0.290 e. The van der Waals surface area contributed by atoms with Crippen molar-refractivity contribution in [3.63, 3.8) is 0 Å². The summed E-state index contributed by atoms with van der Waals surface area (Å²) in [5.74, 6) is -2.39. The minimum absolute atomic E-state index is 0.00495. The number of para-hydroxylation sites is 1. The summed E-state index contributed by atoms with van der Waals surface area (Å²) >= 11 is 0.253. The van der Waals surface area contributed by atoms with Gasteiger partial charge in [-0.2, -0.15) is 8.78 Å². The first-order valence-electron chi connectivity index (χ1n) is 8.60. The summed E-state index contributed by atoms with van der Waals surface area (Å²) in [6, 6.07) is 20.5. The molecule has 7 heteroatoms. The highest BCUT2D eigenvalue weighted by atomic mass is 32.2. The lowest BCUT2D eigenvalue weighted by atomic mass is 10.1. The van der Waals surface area contributed by atoms with E-state index in [9.17, 15) is 13.6 Å². The SMILES string of the molecule is O=C(NCCOc1ccccc1-c1ccccc1)c1cccnc1SC(F)F. The number of aromatic nitrogens is 1. The van der Waals surface area contributed by atoms with Gasteiger partial charge in [0.2, 0.25) is 0 Å². The van der Waals surface area contributed by atoms with Gasteiger partial charge in [-0.15, -0.1) is 0 Å². The van der Waals surface area contributed by atoms with Gasteiger partial charge in [-0.3, -0.25) is 4.79 Å². The predicted molar refractivity (Wildman–Crippen MR) is 106 cm³/mol. The maximum atomic E-state index is 12.6. The number of carbonyl (C=O) groups is 1. The molecule has 1 N–H and O–H groups in total. The summed E-state index contributed by atoms with van der Waals surface area (Å²) in [5, 5.41) is 2.68. The second-order valence-electron chi connectivity index (χ2n) is 5.70. The van der Waals surface area contributed by atoms with Crippen LogP contribution in [0.4, 0.5) is 8.78 Å². The van der Waals surface area contributed by atoms with Crippen molar-refractivity contribution in [2.45, 2.75) is 10.8 Å². The maximum absolute atomic E-state index is 12.6. The van der Waals surface area contributed by atoms with E-state index in [4.69, 9.17) is 4.74 Å². The zero-order valence-corrected chi connectivity index (χ0v) is 15.7. The lowest BCUT2D eigenvalue weighted by Gasteiger charge is -2.13. The monoisotopic (exact) mass is 400 g/mol. The molecule has 0 atom stereocenters. The van der Waals surface area contributed by atoms with Gasteiger partial charge in [-0.1, -0.05) is 48.5 Å². The Labute approximate surface area is 166 Å². The van der Waals surface area contributed by atoms with E-state index in [0.717, 1.165) is 11.1 Å². The number of pyridine rings is 1. The fourth-order valence-electron chi connectivity index (χ4n) is 2.61. The Morgan fingerprint density at radius 3 is 2.57 bits per heavy atom. The number of hydrogen-bond acceptors (Lipinski definition) is 4. The lowest BCUT2D eigenvalue weighted by molar-refractivity contribution is 0.0943. The number of nitrogens with zero attached hydrogens (tertiary/aromatic N) is 1. The van der Waals surface area contributed by atoms with Crippen molar-refractivity contribution in [3.05, 3.63) is 78.5 Å². The molecule has 0 unspecified atom stereocenters. The molecule has 0 fully saturated rings. The molecular formula is C21H18F2N2O2S. The molecule has 0 aliphatic carbocycles. The van der Waals surface area contributed by atoms with Gasteiger partial charge in [0, 0.05) is 11.8 Å². The van der Waals surface area contributed by atoms with Crippen LogP contribution in [0.5, 0.6) is 5.75 Å². The van der Waals surface area contributed by atoms with Crippen LogP contribution in [0.2, 0.25) is 0 Å². The summed E-state index contributed by atoms with van der Waals surface area (Å²) in [5.41, 5.74) is 2.11. The van der Waals surface area contributed by atoms with E-state index >= 15 is 0 Å². The van der Waals surface area contributed by atoms with Crippen LogP contribution >= 0.6 is 11.8 Å². The average molecular weight is 400 g/mol. The van der Waals surface area contributed by atoms with Crippen LogP contribution in [0, 0.1) is 0 Å². The second kappa shape index (κ2) is 9.85.